The molecule has 6 nitrogen and oxygen atoms in total. The smallest absolute Gasteiger partial charge is 0.410 e. The Morgan fingerprint density at radius 3 is 2.57 bits per heavy atom. The lowest BCUT2D eigenvalue weighted by atomic mass is 10.1. The summed E-state index contributed by atoms with van der Waals surface area (Å²) in [6.45, 7) is 5.78. The number of anilines is 1. The molecule has 3 rings (SSSR count). The monoisotopic (exact) mass is 423 g/mol. The van der Waals surface area contributed by atoms with Crippen molar-refractivity contribution >= 4 is 45.3 Å². The molecule has 0 unspecified atom stereocenters. The van der Waals surface area contributed by atoms with Crippen LogP contribution in [0.15, 0.2) is 54.6 Å². The second-order valence-corrected chi connectivity index (χ2v) is 8.90. The van der Waals surface area contributed by atoms with E-state index in [-0.39, 0.29) is 5.91 Å². The number of thiazole rings is 1. The lowest BCUT2D eigenvalue weighted by Gasteiger charge is -2.25. The SMILES string of the molecule is CN(Cc1ccccc1NC(=O)/C=C/c1nc2ccccc2s1)C(=O)OC(C)(C)C. The number of amides is 2. The van der Waals surface area contributed by atoms with Gasteiger partial charge in [0.25, 0.3) is 0 Å². The number of fused-ring (bicyclic) bond motifs is 1. The summed E-state index contributed by atoms with van der Waals surface area (Å²) >= 11 is 1.53. The van der Waals surface area contributed by atoms with E-state index in [0.29, 0.717) is 12.2 Å². The molecular weight excluding hydrogens is 398 g/mol. The van der Waals surface area contributed by atoms with Gasteiger partial charge in [0.1, 0.15) is 10.6 Å². The molecule has 0 saturated heterocycles. The Balaban J connectivity index is 1.66. The van der Waals surface area contributed by atoms with Crippen LogP contribution in [0.1, 0.15) is 31.3 Å². The summed E-state index contributed by atoms with van der Waals surface area (Å²) in [6.07, 6.45) is 2.75. The number of carbonyl (C=O) groups is 2. The number of ether oxygens (including phenoxy) is 1. The molecule has 2 amide bonds. The predicted molar refractivity (Wildman–Crippen MR) is 121 cm³/mol. The zero-order valence-corrected chi connectivity index (χ0v) is 18.3. The van der Waals surface area contributed by atoms with Gasteiger partial charge in [-0.2, -0.15) is 0 Å². The number of hydrogen-bond donors (Lipinski definition) is 1. The maximum Gasteiger partial charge on any atom is 0.410 e. The van der Waals surface area contributed by atoms with Gasteiger partial charge in [-0.3, -0.25) is 4.79 Å². The Labute approximate surface area is 180 Å². The molecule has 1 heterocycles. The third-order valence-corrected chi connectivity index (χ3v) is 5.08. The van der Waals surface area contributed by atoms with Gasteiger partial charge in [-0.15, -0.1) is 11.3 Å². The zero-order valence-electron chi connectivity index (χ0n) is 17.5. The largest absolute Gasteiger partial charge is 0.444 e. The summed E-state index contributed by atoms with van der Waals surface area (Å²) in [5.41, 5.74) is 1.81. The molecule has 7 heteroatoms. The summed E-state index contributed by atoms with van der Waals surface area (Å²) in [5.74, 6) is -0.262. The normalized spacial score (nSPS) is 11.6. The first kappa shape index (κ1) is 21.5. The number of para-hydroxylation sites is 2. The Bertz CT molecular complexity index is 1050. The summed E-state index contributed by atoms with van der Waals surface area (Å²) in [7, 11) is 1.67. The molecule has 156 valence electrons. The van der Waals surface area contributed by atoms with E-state index in [1.807, 2.05) is 69.3 Å². The highest BCUT2D eigenvalue weighted by atomic mass is 32.1. The van der Waals surface area contributed by atoms with Crippen molar-refractivity contribution in [2.24, 2.45) is 0 Å². The predicted octanol–water partition coefficient (Wildman–Crippen LogP) is 5.32. The lowest BCUT2D eigenvalue weighted by Crippen LogP contribution is -2.34. The quantitative estimate of drug-likeness (QED) is 0.564. The number of nitrogens with one attached hydrogen (secondary N) is 1. The van der Waals surface area contributed by atoms with Crippen LogP contribution in [0.5, 0.6) is 0 Å². The Hall–Kier alpha value is -3.19. The molecule has 0 aliphatic rings. The van der Waals surface area contributed by atoms with E-state index >= 15 is 0 Å². The summed E-state index contributed by atoms with van der Waals surface area (Å²) in [4.78, 5) is 30.6. The Kier molecular flexibility index (Phi) is 6.52. The highest BCUT2D eigenvalue weighted by molar-refractivity contribution is 7.19. The van der Waals surface area contributed by atoms with Gasteiger partial charge < -0.3 is 15.0 Å². The van der Waals surface area contributed by atoms with E-state index in [0.717, 1.165) is 20.8 Å². The number of hydrogen-bond acceptors (Lipinski definition) is 5. The second-order valence-electron chi connectivity index (χ2n) is 7.84. The van der Waals surface area contributed by atoms with Crippen LogP contribution in [0.4, 0.5) is 10.5 Å². The average molecular weight is 424 g/mol. The second kappa shape index (κ2) is 9.09. The number of aromatic nitrogens is 1. The van der Waals surface area contributed by atoms with E-state index in [4.69, 9.17) is 4.74 Å². The first-order chi connectivity index (χ1) is 14.2. The molecule has 1 N–H and O–H groups in total. The minimum Gasteiger partial charge on any atom is -0.444 e. The van der Waals surface area contributed by atoms with Crippen LogP contribution in [0, 0.1) is 0 Å². The standard InChI is InChI=1S/C23H25N3O3S/c1-23(2,3)29-22(28)26(4)15-16-9-5-6-10-17(16)24-20(27)13-14-21-25-18-11-7-8-12-19(18)30-21/h5-14H,15H2,1-4H3,(H,24,27)/b14-13+. The molecular formula is C23H25N3O3S. The number of rotatable bonds is 5. The van der Waals surface area contributed by atoms with Crippen LogP contribution in [0.2, 0.25) is 0 Å². The maximum absolute atomic E-state index is 12.4. The third-order valence-electron chi connectivity index (χ3n) is 4.08. The number of nitrogens with zero attached hydrogens (tertiary/aromatic N) is 2. The van der Waals surface area contributed by atoms with Crippen LogP contribution in [-0.2, 0) is 16.1 Å². The van der Waals surface area contributed by atoms with Crippen LogP contribution in [-0.4, -0.2) is 34.5 Å². The third kappa shape index (κ3) is 5.90. The van der Waals surface area contributed by atoms with Gasteiger partial charge in [0.15, 0.2) is 0 Å². The highest BCUT2D eigenvalue weighted by Gasteiger charge is 2.20. The maximum atomic E-state index is 12.4. The minimum atomic E-state index is -0.565. The van der Waals surface area contributed by atoms with E-state index in [9.17, 15) is 9.59 Å². The Morgan fingerprint density at radius 1 is 1.13 bits per heavy atom. The van der Waals surface area contributed by atoms with Crippen molar-refractivity contribution in [2.75, 3.05) is 12.4 Å². The van der Waals surface area contributed by atoms with Crippen LogP contribution >= 0.6 is 11.3 Å². The van der Waals surface area contributed by atoms with E-state index < -0.39 is 11.7 Å². The van der Waals surface area contributed by atoms with Gasteiger partial charge in [0, 0.05) is 18.8 Å². The molecule has 0 aliphatic carbocycles. The molecule has 0 fully saturated rings. The molecule has 0 saturated carbocycles. The van der Waals surface area contributed by atoms with Crippen molar-refractivity contribution in [3.05, 3.63) is 65.2 Å². The summed E-state index contributed by atoms with van der Waals surface area (Å²) in [6, 6.07) is 15.2. The molecule has 0 aliphatic heterocycles. The molecule has 3 aromatic rings. The molecule has 0 spiro atoms. The van der Waals surface area contributed by atoms with Crippen molar-refractivity contribution in [1.82, 2.24) is 9.88 Å². The minimum absolute atomic E-state index is 0.262. The van der Waals surface area contributed by atoms with Crippen molar-refractivity contribution in [2.45, 2.75) is 32.9 Å². The van der Waals surface area contributed by atoms with Gasteiger partial charge in [0.05, 0.1) is 16.8 Å². The van der Waals surface area contributed by atoms with Crippen LogP contribution in [0.3, 0.4) is 0 Å². The van der Waals surface area contributed by atoms with Crippen molar-refractivity contribution in [1.29, 1.82) is 0 Å². The lowest BCUT2D eigenvalue weighted by molar-refractivity contribution is -0.111. The van der Waals surface area contributed by atoms with Gasteiger partial charge >= 0.3 is 6.09 Å². The molecule has 0 atom stereocenters. The average Bonchev–Trinajstić information content (AvgIpc) is 3.09. The summed E-state index contributed by atoms with van der Waals surface area (Å²) < 4.78 is 6.46. The summed E-state index contributed by atoms with van der Waals surface area (Å²) in [5, 5.41) is 3.65. The molecule has 30 heavy (non-hydrogen) atoms. The topological polar surface area (TPSA) is 71.5 Å². The van der Waals surface area contributed by atoms with Crippen molar-refractivity contribution in [3.63, 3.8) is 0 Å². The fourth-order valence-electron chi connectivity index (χ4n) is 2.72. The van der Waals surface area contributed by atoms with Crippen molar-refractivity contribution in [3.8, 4) is 0 Å². The van der Waals surface area contributed by atoms with Crippen molar-refractivity contribution < 1.29 is 14.3 Å². The molecule has 2 aromatic carbocycles. The van der Waals surface area contributed by atoms with Crippen LogP contribution < -0.4 is 5.32 Å². The van der Waals surface area contributed by atoms with E-state index in [2.05, 4.69) is 10.3 Å². The van der Waals surface area contributed by atoms with Gasteiger partial charge in [-0.1, -0.05) is 30.3 Å². The van der Waals surface area contributed by atoms with Gasteiger partial charge in [-0.25, -0.2) is 9.78 Å². The van der Waals surface area contributed by atoms with E-state index in [1.54, 1.807) is 13.1 Å². The number of carbonyl (C=O) groups excluding carboxylic acids is 2. The van der Waals surface area contributed by atoms with Gasteiger partial charge in [0.2, 0.25) is 5.91 Å². The molecule has 1 aromatic heterocycles. The Morgan fingerprint density at radius 2 is 1.83 bits per heavy atom. The molecule has 0 bridgehead atoms. The van der Waals surface area contributed by atoms with Crippen LogP contribution in [0.25, 0.3) is 16.3 Å². The zero-order chi connectivity index (χ0) is 21.7. The fraction of sp³-hybridized carbons (Fsp3) is 0.261. The number of benzene rings is 2. The molecule has 0 radical (unpaired) electrons. The first-order valence-corrected chi connectivity index (χ1v) is 10.4. The van der Waals surface area contributed by atoms with E-state index in [1.165, 1.54) is 22.3 Å². The first-order valence-electron chi connectivity index (χ1n) is 9.58. The highest BCUT2D eigenvalue weighted by Crippen LogP contribution is 2.23. The fourth-order valence-corrected chi connectivity index (χ4v) is 3.59. The van der Waals surface area contributed by atoms with Gasteiger partial charge in [-0.05, 0) is 50.6 Å².